The average Bonchev–Trinajstić information content (AvgIpc) is 3.46. The highest BCUT2D eigenvalue weighted by Crippen LogP contribution is 2.35. The molecule has 0 atom stereocenters. The number of hydrogen-bond donors (Lipinski definition) is 0. The number of aromatic nitrogens is 1. The van der Waals surface area contributed by atoms with E-state index in [1.807, 2.05) is 72.3 Å². The SMILES string of the molecule is CCN(C(=O)Cn1cc(C(=O)C2CC2)c2ccccc21)c1ccccc1. The van der Waals surface area contributed by atoms with Gasteiger partial charge in [-0.15, -0.1) is 0 Å². The van der Waals surface area contributed by atoms with Gasteiger partial charge in [-0.05, 0) is 38.0 Å². The second-order valence-electron chi connectivity index (χ2n) is 6.80. The van der Waals surface area contributed by atoms with Crippen LogP contribution < -0.4 is 4.90 Å². The quantitative estimate of drug-likeness (QED) is 0.625. The number of carbonyl (C=O) groups is 2. The van der Waals surface area contributed by atoms with Crippen LogP contribution in [0.2, 0.25) is 0 Å². The highest BCUT2D eigenvalue weighted by molar-refractivity contribution is 6.10. The maximum absolute atomic E-state index is 12.9. The van der Waals surface area contributed by atoms with E-state index in [1.54, 1.807) is 4.90 Å². The Morgan fingerprint density at radius 1 is 1.04 bits per heavy atom. The lowest BCUT2D eigenvalue weighted by Crippen LogP contribution is -2.33. The predicted octanol–water partition coefficient (Wildman–Crippen LogP) is 4.29. The van der Waals surface area contributed by atoms with Crippen LogP contribution in [-0.2, 0) is 11.3 Å². The second kappa shape index (κ2) is 6.79. The van der Waals surface area contributed by atoms with Gasteiger partial charge in [0.2, 0.25) is 5.91 Å². The largest absolute Gasteiger partial charge is 0.337 e. The minimum Gasteiger partial charge on any atom is -0.337 e. The Morgan fingerprint density at radius 3 is 2.42 bits per heavy atom. The predicted molar refractivity (Wildman–Crippen MR) is 103 cm³/mol. The van der Waals surface area contributed by atoms with E-state index in [-0.39, 0.29) is 24.2 Å². The number of para-hydroxylation sites is 2. The first-order valence-electron chi connectivity index (χ1n) is 9.16. The van der Waals surface area contributed by atoms with Crippen molar-refractivity contribution in [1.29, 1.82) is 0 Å². The number of benzene rings is 2. The lowest BCUT2D eigenvalue weighted by Gasteiger charge is -2.21. The molecule has 1 heterocycles. The molecule has 4 rings (SSSR count). The molecule has 4 heteroatoms. The number of likely N-dealkylation sites (N-methyl/N-ethyl adjacent to an activating group) is 1. The van der Waals surface area contributed by atoms with Gasteiger partial charge < -0.3 is 9.47 Å². The summed E-state index contributed by atoms with van der Waals surface area (Å²) < 4.78 is 1.92. The van der Waals surface area contributed by atoms with Crippen molar-refractivity contribution in [2.75, 3.05) is 11.4 Å². The van der Waals surface area contributed by atoms with Gasteiger partial charge in [0.1, 0.15) is 6.54 Å². The van der Waals surface area contributed by atoms with Gasteiger partial charge in [0, 0.05) is 40.8 Å². The van der Waals surface area contributed by atoms with Gasteiger partial charge in [0.05, 0.1) is 0 Å². The third-order valence-corrected chi connectivity index (χ3v) is 4.99. The Bertz CT molecular complexity index is 955. The van der Waals surface area contributed by atoms with E-state index >= 15 is 0 Å². The van der Waals surface area contributed by atoms with E-state index in [9.17, 15) is 9.59 Å². The van der Waals surface area contributed by atoms with Crippen LogP contribution in [0.4, 0.5) is 5.69 Å². The minimum absolute atomic E-state index is 0.0184. The summed E-state index contributed by atoms with van der Waals surface area (Å²) in [6, 6.07) is 17.5. The maximum Gasteiger partial charge on any atom is 0.246 e. The molecule has 1 aromatic heterocycles. The summed E-state index contributed by atoms with van der Waals surface area (Å²) in [5.74, 6) is 0.397. The lowest BCUT2D eigenvalue weighted by atomic mass is 10.1. The number of fused-ring (bicyclic) bond motifs is 1. The van der Waals surface area contributed by atoms with Crippen molar-refractivity contribution in [3.63, 3.8) is 0 Å². The monoisotopic (exact) mass is 346 g/mol. The number of amides is 1. The van der Waals surface area contributed by atoms with E-state index in [4.69, 9.17) is 0 Å². The first-order valence-corrected chi connectivity index (χ1v) is 9.16. The summed E-state index contributed by atoms with van der Waals surface area (Å²) in [7, 11) is 0. The van der Waals surface area contributed by atoms with Crippen LogP contribution in [0, 0.1) is 5.92 Å². The Balaban J connectivity index is 1.66. The Kier molecular flexibility index (Phi) is 4.33. The first kappa shape index (κ1) is 16.6. The van der Waals surface area contributed by atoms with E-state index in [0.29, 0.717) is 6.54 Å². The number of nitrogens with zero attached hydrogens (tertiary/aromatic N) is 2. The molecular weight excluding hydrogens is 324 g/mol. The van der Waals surface area contributed by atoms with Crippen molar-refractivity contribution in [2.24, 2.45) is 5.92 Å². The van der Waals surface area contributed by atoms with Crippen LogP contribution in [0.3, 0.4) is 0 Å². The standard InChI is InChI=1S/C22H22N2O2/c1-2-24(17-8-4-3-5-9-17)21(25)15-23-14-19(22(26)16-12-13-16)18-10-6-7-11-20(18)23/h3-11,14,16H,2,12-13,15H2,1H3. The molecule has 1 fully saturated rings. The summed E-state index contributed by atoms with van der Waals surface area (Å²) in [5, 5.41) is 0.944. The highest BCUT2D eigenvalue weighted by Gasteiger charge is 2.32. The summed E-state index contributed by atoms with van der Waals surface area (Å²) in [5.41, 5.74) is 2.58. The summed E-state index contributed by atoms with van der Waals surface area (Å²) in [4.78, 5) is 27.3. The van der Waals surface area contributed by atoms with Crippen LogP contribution in [0.25, 0.3) is 10.9 Å². The lowest BCUT2D eigenvalue weighted by molar-refractivity contribution is -0.119. The van der Waals surface area contributed by atoms with Gasteiger partial charge in [-0.2, -0.15) is 0 Å². The normalized spacial score (nSPS) is 13.7. The van der Waals surface area contributed by atoms with Gasteiger partial charge in [-0.25, -0.2) is 0 Å². The van der Waals surface area contributed by atoms with E-state index in [1.165, 1.54) is 0 Å². The number of anilines is 1. The number of hydrogen-bond acceptors (Lipinski definition) is 2. The van der Waals surface area contributed by atoms with Gasteiger partial charge in [-0.3, -0.25) is 9.59 Å². The molecule has 0 saturated heterocycles. The van der Waals surface area contributed by atoms with Crippen molar-refractivity contribution in [1.82, 2.24) is 4.57 Å². The van der Waals surface area contributed by atoms with E-state index in [0.717, 1.165) is 35.0 Å². The summed E-state index contributed by atoms with van der Waals surface area (Å²) in [6.45, 7) is 2.80. The van der Waals surface area contributed by atoms with E-state index < -0.39 is 0 Å². The molecule has 1 amide bonds. The molecule has 0 spiro atoms. The summed E-state index contributed by atoms with van der Waals surface area (Å²) in [6.07, 6.45) is 3.83. The van der Waals surface area contributed by atoms with Gasteiger partial charge in [0.15, 0.2) is 5.78 Å². The van der Waals surface area contributed by atoms with Gasteiger partial charge in [-0.1, -0.05) is 36.4 Å². The zero-order valence-electron chi connectivity index (χ0n) is 14.9. The van der Waals surface area contributed by atoms with Crippen LogP contribution in [0.5, 0.6) is 0 Å². The molecular formula is C22H22N2O2. The number of rotatable bonds is 6. The zero-order chi connectivity index (χ0) is 18.1. The second-order valence-corrected chi connectivity index (χ2v) is 6.80. The average molecular weight is 346 g/mol. The van der Waals surface area contributed by atoms with E-state index in [2.05, 4.69) is 0 Å². The van der Waals surface area contributed by atoms with Crippen molar-refractivity contribution in [3.05, 3.63) is 66.4 Å². The highest BCUT2D eigenvalue weighted by atomic mass is 16.2. The minimum atomic E-state index is 0.0184. The van der Waals surface area contributed by atoms with Crippen molar-refractivity contribution in [3.8, 4) is 0 Å². The number of carbonyl (C=O) groups excluding carboxylic acids is 2. The molecule has 3 aromatic rings. The fourth-order valence-corrected chi connectivity index (χ4v) is 3.48. The third-order valence-electron chi connectivity index (χ3n) is 4.99. The topological polar surface area (TPSA) is 42.3 Å². The molecule has 1 saturated carbocycles. The van der Waals surface area contributed by atoms with Crippen LogP contribution in [-0.4, -0.2) is 22.8 Å². The first-order chi connectivity index (χ1) is 12.7. The summed E-state index contributed by atoms with van der Waals surface area (Å²) >= 11 is 0. The number of Topliss-reactive ketones (excluding diaryl/α,β-unsaturated/α-hetero) is 1. The molecule has 1 aliphatic carbocycles. The fourth-order valence-electron chi connectivity index (χ4n) is 3.48. The van der Waals surface area contributed by atoms with Crippen LogP contribution in [0.1, 0.15) is 30.1 Å². The van der Waals surface area contributed by atoms with Gasteiger partial charge >= 0.3 is 0 Å². The molecule has 4 nitrogen and oxygen atoms in total. The van der Waals surface area contributed by atoms with Crippen LogP contribution >= 0.6 is 0 Å². The Hall–Kier alpha value is -2.88. The van der Waals surface area contributed by atoms with Crippen molar-refractivity contribution in [2.45, 2.75) is 26.3 Å². The van der Waals surface area contributed by atoms with Crippen LogP contribution in [0.15, 0.2) is 60.8 Å². The molecule has 0 aliphatic heterocycles. The smallest absolute Gasteiger partial charge is 0.246 e. The fraction of sp³-hybridized carbons (Fsp3) is 0.273. The van der Waals surface area contributed by atoms with Crippen molar-refractivity contribution >= 4 is 28.3 Å². The molecule has 0 N–H and O–H groups in total. The molecule has 0 unspecified atom stereocenters. The molecule has 0 radical (unpaired) electrons. The Labute approximate surface area is 153 Å². The molecule has 132 valence electrons. The molecule has 2 aromatic carbocycles. The third kappa shape index (κ3) is 3.03. The zero-order valence-corrected chi connectivity index (χ0v) is 14.9. The Morgan fingerprint density at radius 2 is 1.73 bits per heavy atom. The van der Waals surface area contributed by atoms with Gasteiger partial charge in [0.25, 0.3) is 0 Å². The maximum atomic E-state index is 12.9. The molecule has 0 bridgehead atoms. The van der Waals surface area contributed by atoms with Crippen molar-refractivity contribution < 1.29 is 9.59 Å². The molecule has 1 aliphatic rings. The number of ketones is 1. The molecule has 26 heavy (non-hydrogen) atoms.